The van der Waals surface area contributed by atoms with Crippen LogP contribution >= 0.6 is 0 Å². The van der Waals surface area contributed by atoms with E-state index >= 15 is 0 Å². The van der Waals surface area contributed by atoms with Crippen LogP contribution < -0.4 is 5.73 Å². The van der Waals surface area contributed by atoms with Crippen LogP contribution in [0.2, 0.25) is 0 Å². The number of carbonyl (C=O) groups excluding carboxylic acids is 4. The molecule has 0 aromatic carbocycles. The molecule has 2 N–H and O–H groups in total. The molecule has 1 saturated heterocycles. The van der Waals surface area contributed by atoms with Gasteiger partial charge in [0.05, 0.1) is 0 Å². The Hall–Kier alpha value is -2.20. The molecule has 0 saturated carbocycles. The van der Waals surface area contributed by atoms with Gasteiger partial charge < -0.3 is 29.4 Å². The molecular formula is C14H21NO9. The maximum atomic E-state index is 11.4. The highest BCUT2D eigenvalue weighted by molar-refractivity contribution is 5.68. The van der Waals surface area contributed by atoms with E-state index in [4.69, 9.17) is 29.4 Å². The lowest BCUT2D eigenvalue weighted by Gasteiger charge is -2.43. The number of hydrogen-bond acceptors (Lipinski definition) is 10. The largest absolute Gasteiger partial charge is 0.463 e. The Balaban J connectivity index is 3.11. The normalized spacial score (nSPS) is 29.3. The van der Waals surface area contributed by atoms with Gasteiger partial charge in [0.15, 0.2) is 18.3 Å². The van der Waals surface area contributed by atoms with Gasteiger partial charge in [-0.05, 0) is 0 Å². The highest BCUT2D eigenvalue weighted by atomic mass is 16.7. The van der Waals surface area contributed by atoms with E-state index in [0.29, 0.717) is 0 Å². The molecule has 0 radical (unpaired) electrons. The molecule has 1 aliphatic heterocycles. The van der Waals surface area contributed by atoms with Crippen molar-refractivity contribution in [3.8, 4) is 0 Å². The maximum Gasteiger partial charge on any atom is 0.303 e. The highest BCUT2D eigenvalue weighted by Crippen LogP contribution is 2.27. The summed E-state index contributed by atoms with van der Waals surface area (Å²) in [7, 11) is 0. The van der Waals surface area contributed by atoms with Gasteiger partial charge in [-0.15, -0.1) is 0 Å². The van der Waals surface area contributed by atoms with E-state index in [1.165, 1.54) is 6.92 Å². The minimum Gasteiger partial charge on any atom is -0.463 e. The van der Waals surface area contributed by atoms with E-state index in [9.17, 15) is 19.2 Å². The van der Waals surface area contributed by atoms with E-state index in [-0.39, 0.29) is 6.61 Å². The fraction of sp³-hybridized carbons (Fsp3) is 0.714. The van der Waals surface area contributed by atoms with E-state index in [2.05, 4.69) is 0 Å². The second-order valence-electron chi connectivity index (χ2n) is 5.16. The first-order chi connectivity index (χ1) is 11.1. The van der Waals surface area contributed by atoms with Gasteiger partial charge in [-0.2, -0.15) is 0 Å². The first kappa shape index (κ1) is 19.8. The van der Waals surface area contributed by atoms with Crippen LogP contribution in [-0.4, -0.2) is 61.1 Å². The number of ether oxygens (including phenoxy) is 5. The lowest BCUT2D eigenvalue weighted by atomic mass is 9.97. The predicted molar refractivity (Wildman–Crippen MR) is 76.1 cm³/mol. The minimum atomic E-state index is -1.21. The zero-order chi connectivity index (χ0) is 18.4. The zero-order valence-corrected chi connectivity index (χ0v) is 13.8. The average molecular weight is 347 g/mol. The van der Waals surface area contributed by atoms with Crippen molar-refractivity contribution in [2.24, 2.45) is 5.73 Å². The maximum absolute atomic E-state index is 11.4. The lowest BCUT2D eigenvalue weighted by Crippen LogP contribution is -2.64. The smallest absolute Gasteiger partial charge is 0.303 e. The summed E-state index contributed by atoms with van der Waals surface area (Å²) in [4.78, 5) is 45.0. The molecule has 1 heterocycles. The molecule has 1 rings (SSSR count). The molecule has 24 heavy (non-hydrogen) atoms. The van der Waals surface area contributed by atoms with Crippen LogP contribution in [0.5, 0.6) is 0 Å². The molecule has 0 bridgehead atoms. The molecule has 1 aliphatic rings. The van der Waals surface area contributed by atoms with Gasteiger partial charge in [0.1, 0.15) is 18.9 Å². The van der Waals surface area contributed by atoms with Crippen molar-refractivity contribution in [2.75, 3.05) is 6.61 Å². The van der Waals surface area contributed by atoms with Crippen molar-refractivity contribution in [3.63, 3.8) is 0 Å². The number of rotatable bonds is 5. The summed E-state index contributed by atoms with van der Waals surface area (Å²) in [5, 5.41) is 0. The van der Waals surface area contributed by atoms with Crippen LogP contribution in [0.3, 0.4) is 0 Å². The molecule has 0 aromatic rings. The standard InChI is InChI=1S/C14H21NO9/c1-6(16)20-5-10-11(21-7(2)17)12(22-8(3)18)13(14(15)24-10)23-9(4)19/h10-14H,5,15H2,1-4H3/t10-,11-,12+,13+,14-/m1/s1. The van der Waals surface area contributed by atoms with E-state index in [1.54, 1.807) is 0 Å². The fourth-order valence-corrected chi connectivity index (χ4v) is 2.26. The zero-order valence-electron chi connectivity index (χ0n) is 13.8. The monoisotopic (exact) mass is 347 g/mol. The van der Waals surface area contributed by atoms with Crippen LogP contribution in [0.1, 0.15) is 27.7 Å². The quantitative estimate of drug-likeness (QED) is 0.487. The summed E-state index contributed by atoms with van der Waals surface area (Å²) in [5.74, 6) is -2.66. The predicted octanol–water partition coefficient (Wildman–Crippen LogP) is -0.972. The Morgan fingerprint density at radius 2 is 1.25 bits per heavy atom. The number of esters is 4. The molecule has 10 nitrogen and oxygen atoms in total. The summed E-state index contributed by atoms with van der Waals surface area (Å²) >= 11 is 0. The lowest BCUT2D eigenvalue weighted by molar-refractivity contribution is -0.251. The van der Waals surface area contributed by atoms with Crippen LogP contribution in [0, 0.1) is 0 Å². The molecule has 0 aromatic heterocycles. The van der Waals surface area contributed by atoms with Gasteiger partial charge in [-0.25, -0.2) is 0 Å². The molecule has 0 unspecified atom stereocenters. The van der Waals surface area contributed by atoms with E-state index in [1.807, 2.05) is 0 Å². The van der Waals surface area contributed by atoms with E-state index in [0.717, 1.165) is 20.8 Å². The first-order valence-electron chi connectivity index (χ1n) is 7.18. The molecule has 0 spiro atoms. The Bertz CT molecular complexity index is 506. The van der Waals surface area contributed by atoms with Gasteiger partial charge in [0.2, 0.25) is 0 Å². The third-order valence-corrected chi connectivity index (χ3v) is 3.03. The summed E-state index contributed by atoms with van der Waals surface area (Å²) in [6, 6.07) is 0. The van der Waals surface area contributed by atoms with Crippen molar-refractivity contribution in [3.05, 3.63) is 0 Å². The number of hydrogen-bond donors (Lipinski definition) is 1. The molecule has 10 heteroatoms. The topological polar surface area (TPSA) is 140 Å². The molecule has 5 atom stereocenters. The molecule has 0 amide bonds. The van der Waals surface area contributed by atoms with Crippen LogP contribution in [0.4, 0.5) is 0 Å². The van der Waals surface area contributed by atoms with Crippen molar-refractivity contribution in [1.82, 2.24) is 0 Å². The average Bonchev–Trinajstić information content (AvgIpc) is 2.42. The summed E-state index contributed by atoms with van der Waals surface area (Å²) in [5.41, 5.74) is 5.81. The second kappa shape index (κ2) is 8.60. The Labute approximate surface area is 138 Å². The van der Waals surface area contributed by atoms with E-state index < -0.39 is 54.5 Å². The summed E-state index contributed by atoms with van der Waals surface area (Å²) in [6.45, 7) is 4.32. The molecule has 0 aliphatic carbocycles. The Morgan fingerprint density at radius 1 is 0.792 bits per heavy atom. The minimum absolute atomic E-state index is 0.286. The third kappa shape index (κ3) is 5.78. The second-order valence-corrected chi connectivity index (χ2v) is 5.16. The number of nitrogens with two attached hydrogens (primary N) is 1. The number of carbonyl (C=O) groups is 4. The molecule has 1 fully saturated rings. The summed E-state index contributed by atoms with van der Waals surface area (Å²) in [6.07, 6.45) is -5.74. The van der Waals surface area contributed by atoms with Gasteiger partial charge >= 0.3 is 23.9 Å². The Kier molecular flexibility index (Phi) is 7.11. The van der Waals surface area contributed by atoms with Gasteiger partial charge in [-0.1, -0.05) is 0 Å². The first-order valence-corrected chi connectivity index (χ1v) is 7.18. The summed E-state index contributed by atoms with van der Waals surface area (Å²) < 4.78 is 25.6. The van der Waals surface area contributed by atoms with Crippen LogP contribution in [0.15, 0.2) is 0 Å². The van der Waals surface area contributed by atoms with Crippen molar-refractivity contribution < 1.29 is 42.9 Å². The van der Waals surface area contributed by atoms with Crippen LogP contribution in [-0.2, 0) is 42.9 Å². The Morgan fingerprint density at radius 3 is 1.71 bits per heavy atom. The van der Waals surface area contributed by atoms with Crippen LogP contribution in [0.25, 0.3) is 0 Å². The van der Waals surface area contributed by atoms with Gasteiger partial charge in [-0.3, -0.25) is 19.2 Å². The van der Waals surface area contributed by atoms with Crippen molar-refractivity contribution in [1.29, 1.82) is 0 Å². The molecular weight excluding hydrogens is 326 g/mol. The highest BCUT2D eigenvalue weighted by Gasteiger charge is 2.51. The van der Waals surface area contributed by atoms with Crippen molar-refractivity contribution >= 4 is 23.9 Å². The van der Waals surface area contributed by atoms with Gasteiger partial charge in [0.25, 0.3) is 0 Å². The third-order valence-electron chi connectivity index (χ3n) is 3.03. The fourth-order valence-electron chi connectivity index (χ4n) is 2.26. The van der Waals surface area contributed by atoms with Crippen molar-refractivity contribution in [2.45, 2.75) is 58.3 Å². The molecule has 136 valence electrons. The van der Waals surface area contributed by atoms with Gasteiger partial charge in [0, 0.05) is 27.7 Å². The SMILES string of the molecule is CC(=O)OC[C@H]1O[C@@H](N)[C@@H](OC(C)=O)[C@@H](OC(C)=O)[C@@H]1OC(C)=O.